The molecular formula is C13H19ClN2. The summed E-state index contributed by atoms with van der Waals surface area (Å²) in [6, 6.07) is 8.78. The molecule has 0 saturated carbocycles. The Bertz CT molecular complexity index is 354. The average Bonchev–Trinajstić information content (AvgIpc) is 2.29. The third-order valence-corrected chi connectivity index (χ3v) is 3.68. The maximum Gasteiger partial charge on any atom is 0.0426 e. The zero-order chi connectivity index (χ0) is 11.5. The first-order valence-electron chi connectivity index (χ1n) is 5.88. The van der Waals surface area contributed by atoms with Crippen LogP contribution in [0.4, 0.5) is 5.69 Å². The Morgan fingerprint density at radius 1 is 1.44 bits per heavy atom. The third kappa shape index (κ3) is 2.50. The molecule has 2 nitrogen and oxygen atoms in total. The fraction of sp³-hybridized carbons (Fsp3) is 0.538. The van der Waals surface area contributed by atoms with E-state index in [0.29, 0.717) is 12.0 Å². The second kappa shape index (κ2) is 5.07. The lowest BCUT2D eigenvalue weighted by Crippen LogP contribution is -2.47. The fourth-order valence-electron chi connectivity index (χ4n) is 2.48. The molecule has 0 radical (unpaired) electrons. The van der Waals surface area contributed by atoms with E-state index in [4.69, 9.17) is 11.6 Å². The van der Waals surface area contributed by atoms with E-state index in [0.717, 1.165) is 18.1 Å². The zero-order valence-electron chi connectivity index (χ0n) is 9.91. The van der Waals surface area contributed by atoms with Crippen molar-refractivity contribution in [3.8, 4) is 0 Å². The highest BCUT2D eigenvalue weighted by Gasteiger charge is 2.24. The van der Waals surface area contributed by atoms with E-state index in [2.05, 4.69) is 30.3 Å². The van der Waals surface area contributed by atoms with Crippen molar-refractivity contribution < 1.29 is 0 Å². The molecule has 1 aromatic carbocycles. The predicted octanol–water partition coefficient (Wildman–Crippen LogP) is 2.77. The Morgan fingerprint density at radius 2 is 2.25 bits per heavy atom. The SMILES string of the molecule is CNC1CCN(c2cccc(Cl)c2)CC1C. The van der Waals surface area contributed by atoms with Crippen molar-refractivity contribution in [1.82, 2.24) is 5.32 Å². The van der Waals surface area contributed by atoms with Gasteiger partial charge in [-0.25, -0.2) is 0 Å². The van der Waals surface area contributed by atoms with Gasteiger partial charge in [-0.1, -0.05) is 24.6 Å². The number of hydrogen-bond acceptors (Lipinski definition) is 2. The van der Waals surface area contributed by atoms with Gasteiger partial charge in [-0.05, 0) is 37.6 Å². The molecule has 1 saturated heterocycles. The van der Waals surface area contributed by atoms with Gasteiger partial charge in [-0.3, -0.25) is 0 Å². The topological polar surface area (TPSA) is 15.3 Å². The Kier molecular flexibility index (Phi) is 3.72. The van der Waals surface area contributed by atoms with E-state index < -0.39 is 0 Å². The molecule has 0 bridgehead atoms. The molecular weight excluding hydrogens is 220 g/mol. The first-order chi connectivity index (χ1) is 7.70. The maximum absolute atomic E-state index is 6.02. The molecule has 0 amide bonds. The van der Waals surface area contributed by atoms with Crippen LogP contribution in [0, 0.1) is 5.92 Å². The lowest BCUT2D eigenvalue weighted by Gasteiger charge is -2.38. The highest BCUT2D eigenvalue weighted by atomic mass is 35.5. The minimum Gasteiger partial charge on any atom is -0.371 e. The maximum atomic E-state index is 6.02. The van der Waals surface area contributed by atoms with Crippen LogP contribution in [-0.2, 0) is 0 Å². The van der Waals surface area contributed by atoms with Crippen LogP contribution in [-0.4, -0.2) is 26.2 Å². The summed E-state index contributed by atoms with van der Waals surface area (Å²) >= 11 is 6.02. The number of anilines is 1. The normalized spacial score (nSPS) is 25.8. The summed E-state index contributed by atoms with van der Waals surface area (Å²) in [6.07, 6.45) is 1.20. The largest absolute Gasteiger partial charge is 0.371 e. The number of halogens is 1. The Balaban J connectivity index is 2.07. The number of rotatable bonds is 2. The van der Waals surface area contributed by atoms with Crippen molar-refractivity contribution in [2.24, 2.45) is 5.92 Å². The summed E-state index contributed by atoms with van der Waals surface area (Å²) in [5, 5.41) is 4.20. The Hall–Kier alpha value is -0.730. The van der Waals surface area contributed by atoms with Crippen LogP contribution in [0.5, 0.6) is 0 Å². The van der Waals surface area contributed by atoms with Crippen LogP contribution in [0.1, 0.15) is 13.3 Å². The van der Waals surface area contributed by atoms with Gasteiger partial charge in [0.2, 0.25) is 0 Å². The highest BCUT2D eigenvalue weighted by Crippen LogP contribution is 2.25. The standard InChI is InChI=1S/C13H19ClN2/c1-10-9-16(7-6-13(10)15-2)12-5-3-4-11(14)8-12/h3-5,8,10,13,15H,6-7,9H2,1-2H3. The van der Waals surface area contributed by atoms with Gasteiger partial charge in [0.05, 0.1) is 0 Å². The molecule has 2 atom stereocenters. The van der Waals surface area contributed by atoms with Crippen molar-refractivity contribution in [3.05, 3.63) is 29.3 Å². The minimum atomic E-state index is 0.649. The van der Waals surface area contributed by atoms with Gasteiger partial charge in [-0.2, -0.15) is 0 Å². The summed E-state index contributed by atoms with van der Waals surface area (Å²) in [5.74, 6) is 0.678. The molecule has 0 spiro atoms. The van der Waals surface area contributed by atoms with Crippen LogP contribution < -0.4 is 10.2 Å². The second-order valence-corrected chi connectivity index (χ2v) is 5.02. The number of nitrogens with zero attached hydrogens (tertiary/aromatic N) is 1. The molecule has 2 unspecified atom stereocenters. The molecule has 1 fully saturated rings. The van der Waals surface area contributed by atoms with Crippen LogP contribution >= 0.6 is 11.6 Å². The lowest BCUT2D eigenvalue weighted by atomic mass is 9.93. The van der Waals surface area contributed by atoms with E-state index in [1.54, 1.807) is 0 Å². The number of piperidine rings is 1. The van der Waals surface area contributed by atoms with Crippen molar-refractivity contribution in [2.45, 2.75) is 19.4 Å². The second-order valence-electron chi connectivity index (χ2n) is 4.59. The van der Waals surface area contributed by atoms with Gasteiger partial charge >= 0.3 is 0 Å². The van der Waals surface area contributed by atoms with Crippen LogP contribution in [0.15, 0.2) is 24.3 Å². The first kappa shape index (κ1) is 11.7. The van der Waals surface area contributed by atoms with E-state index >= 15 is 0 Å². The molecule has 1 heterocycles. The first-order valence-corrected chi connectivity index (χ1v) is 6.26. The number of hydrogen-bond donors (Lipinski definition) is 1. The van der Waals surface area contributed by atoms with Crippen LogP contribution in [0.25, 0.3) is 0 Å². The molecule has 2 rings (SSSR count). The highest BCUT2D eigenvalue weighted by molar-refractivity contribution is 6.30. The molecule has 16 heavy (non-hydrogen) atoms. The van der Waals surface area contributed by atoms with Gasteiger partial charge in [0.25, 0.3) is 0 Å². The molecule has 1 aromatic rings. The Morgan fingerprint density at radius 3 is 2.88 bits per heavy atom. The predicted molar refractivity (Wildman–Crippen MR) is 70.3 cm³/mol. The third-order valence-electron chi connectivity index (χ3n) is 3.45. The number of nitrogens with one attached hydrogen (secondary N) is 1. The molecule has 88 valence electrons. The fourth-order valence-corrected chi connectivity index (χ4v) is 2.67. The van der Waals surface area contributed by atoms with Crippen LogP contribution in [0.3, 0.4) is 0 Å². The smallest absolute Gasteiger partial charge is 0.0426 e. The molecule has 0 aliphatic carbocycles. The van der Waals surface area contributed by atoms with E-state index in [1.807, 2.05) is 18.2 Å². The van der Waals surface area contributed by atoms with Gasteiger partial charge < -0.3 is 10.2 Å². The molecule has 1 N–H and O–H groups in total. The summed E-state index contributed by atoms with van der Waals surface area (Å²) in [7, 11) is 2.05. The molecule has 0 aromatic heterocycles. The quantitative estimate of drug-likeness (QED) is 0.853. The van der Waals surface area contributed by atoms with E-state index in [9.17, 15) is 0 Å². The van der Waals surface area contributed by atoms with Gasteiger partial charge in [0, 0.05) is 29.8 Å². The van der Waals surface area contributed by atoms with E-state index in [1.165, 1.54) is 12.1 Å². The Labute approximate surface area is 103 Å². The monoisotopic (exact) mass is 238 g/mol. The van der Waals surface area contributed by atoms with Crippen molar-refractivity contribution in [3.63, 3.8) is 0 Å². The summed E-state index contributed by atoms with van der Waals surface area (Å²) in [6.45, 7) is 4.51. The molecule has 3 heteroatoms. The van der Waals surface area contributed by atoms with Crippen LogP contribution in [0.2, 0.25) is 5.02 Å². The summed E-state index contributed by atoms with van der Waals surface area (Å²) < 4.78 is 0. The van der Waals surface area contributed by atoms with Gasteiger partial charge in [-0.15, -0.1) is 0 Å². The van der Waals surface area contributed by atoms with Gasteiger partial charge in [0.1, 0.15) is 0 Å². The van der Waals surface area contributed by atoms with Crippen molar-refractivity contribution >= 4 is 17.3 Å². The van der Waals surface area contributed by atoms with E-state index in [-0.39, 0.29) is 0 Å². The number of benzene rings is 1. The zero-order valence-corrected chi connectivity index (χ0v) is 10.7. The minimum absolute atomic E-state index is 0.649. The summed E-state index contributed by atoms with van der Waals surface area (Å²) in [5.41, 5.74) is 1.24. The van der Waals surface area contributed by atoms with Crippen molar-refractivity contribution in [2.75, 3.05) is 25.0 Å². The van der Waals surface area contributed by atoms with Crippen molar-refractivity contribution in [1.29, 1.82) is 0 Å². The average molecular weight is 239 g/mol. The molecule has 1 aliphatic heterocycles. The molecule has 1 aliphatic rings. The summed E-state index contributed by atoms with van der Waals surface area (Å²) in [4.78, 5) is 2.42. The van der Waals surface area contributed by atoms with Gasteiger partial charge in [0.15, 0.2) is 0 Å². The lowest BCUT2D eigenvalue weighted by molar-refractivity contribution is 0.339.